The van der Waals surface area contributed by atoms with Crippen LogP contribution in [-0.4, -0.2) is 39.6 Å². The molecule has 0 unspecified atom stereocenters. The molecule has 0 spiro atoms. The van der Waals surface area contributed by atoms with Crippen molar-refractivity contribution in [2.45, 2.75) is 13.5 Å². The van der Waals surface area contributed by atoms with Gasteiger partial charge in [-0.05, 0) is 43.3 Å². The molecule has 0 fully saturated rings. The summed E-state index contributed by atoms with van der Waals surface area (Å²) in [6, 6.07) is 10.8. The van der Waals surface area contributed by atoms with Crippen LogP contribution in [0.1, 0.15) is 6.92 Å². The van der Waals surface area contributed by atoms with Crippen LogP contribution in [0.25, 0.3) is 22.6 Å². The van der Waals surface area contributed by atoms with Gasteiger partial charge in [-0.3, -0.25) is 14.2 Å². The number of ether oxygens (including phenoxy) is 1. The number of rotatable bonds is 6. The van der Waals surface area contributed by atoms with Gasteiger partial charge in [-0.25, -0.2) is 9.97 Å². The summed E-state index contributed by atoms with van der Waals surface area (Å²) in [7, 11) is 0. The van der Waals surface area contributed by atoms with Gasteiger partial charge in [-0.1, -0.05) is 11.6 Å². The van der Waals surface area contributed by atoms with Crippen LogP contribution < -0.4 is 5.32 Å². The van der Waals surface area contributed by atoms with E-state index in [0.29, 0.717) is 22.0 Å². The molecule has 8 heteroatoms. The fourth-order valence-corrected chi connectivity index (χ4v) is 2.64. The number of hydrogen-bond acceptors (Lipinski definition) is 5. The predicted octanol–water partition coefficient (Wildman–Crippen LogP) is 2.43. The molecule has 2 aromatic heterocycles. The van der Waals surface area contributed by atoms with Crippen molar-refractivity contribution in [1.82, 2.24) is 19.9 Å². The number of imidazole rings is 1. The summed E-state index contributed by atoms with van der Waals surface area (Å²) in [5.41, 5.74) is 2.07. The number of benzene rings is 1. The molecule has 2 heterocycles. The van der Waals surface area contributed by atoms with Crippen molar-refractivity contribution in [2.75, 3.05) is 13.2 Å². The Balaban J connectivity index is 1.88. The van der Waals surface area contributed by atoms with Crippen molar-refractivity contribution >= 4 is 34.6 Å². The molecule has 134 valence electrons. The quantitative estimate of drug-likeness (QED) is 0.671. The van der Waals surface area contributed by atoms with E-state index in [1.807, 2.05) is 18.2 Å². The zero-order valence-electron chi connectivity index (χ0n) is 14.1. The van der Waals surface area contributed by atoms with Gasteiger partial charge in [0.2, 0.25) is 5.91 Å². The minimum absolute atomic E-state index is 0.0229. The fourth-order valence-electron chi connectivity index (χ4n) is 2.51. The fraction of sp³-hybridized carbons (Fsp3) is 0.222. The molecule has 0 radical (unpaired) electrons. The molecule has 3 rings (SSSR count). The minimum atomic E-state index is -0.479. The van der Waals surface area contributed by atoms with Crippen LogP contribution in [0.2, 0.25) is 5.02 Å². The first-order chi connectivity index (χ1) is 12.6. The maximum Gasteiger partial charge on any atom is 0.325 e. The van der Waals surface area contributed by atoms with Crippen molar-refractivity contribution in [1.29, 1.82) is 0 Å². The summed E-state index contributed by atoms with van der Waals surface area (Å²) in [5, 5.41) is 3.16. The Labute approximate surface area is 155 Å². The molecular weight excluding hydrogens is 356 g/mol. The summed E-state index contributed by atoms with van der Waals surface area (Å²) >= 11 is 5.95. The lowest BCUT2D eigenvalue weighted by Gasteiger charge is -2.09. The molecule has 0 saturated heterocycles. The third-order valence-electron chi connectivity index (χ3n) is 3.64. The lowest BCUT2D eigenvalue weighted by molar-refractivity contribution is -0.143. The van der Waals surface area contributed by atoms with E-state index in [9.17, 15) is 9.59 Å². The molecule has 0 aliphatic heterocycles. The average Bonchev–Trinajstić information content (AvgIpc) is 2.99. The third kappa shape index (κ3) is 4.00. The predicted molar refractivity (Wildman–Crippen MR) is 97.6 cm³/mol. The van der Waals surface area contributed by atoms with Crippen LogP contribution in [0.15, 0.2) is 42.6 Å². The molecule has 0 bridgehead atoms. The second-order valence-corrected chi connectivity index (χ2v) is 5.89. The van der Waals surface area contributed by atoms with E-state index in [1.165, 1.54) is 0 Å². The van der Waals surface area contributed by atoms with E-state index < -0.39 is 5.97 Å². The van der Waals surface area contributed by atoms with Gasteiger partial charge in [-0.2, -0.15) is 0 Å². The maximum absolute atomic E-state index is 12.3. The molecule has 0 saturated carbocycles. The number of pyridine rings is 1. The summed E-state index contributed by atoms with van der Waals surface area (Å²) in [6.45, 7) is 1.78. The van der Waals surface area contributed by atoms with Gasteiger partial charge in [0.1, 0.15) is 24.4 Å². The van der Waals surface area contributed by atoms with Crippen molar-refractivity contribution in [2.24, 2.45) is 0 Å². The summed E-state index contributed by atoms with van der Waals surface area (Å²) in [5.74, 6) is -0.216. The minimum Gasteiger partial charge on any atom is -0.465 e. The first-order valence-corrected chi connectivity index (χ1v) is 8.45. The number of amides is 1. The van der Waals surface area contributed by atoms with E-state index in [2.05, 4.69) is 15.3 Å². The Kier molecular flexibility index (Phi) is 5.48. The number of hydrogen-bond donors (Lipinski definition) is 1. The van der Waals surface area contributed by atoms with Crippen LogP contribution in [0.4, 0.5) is 0 Å². The number of nitrogens with one attached hydrogen (secondary N) is 1. The zero-order chi connectivity index (χ0) is 18.5. The van der Waals surface area contributed by atoms with Crippen LogP contribution >= 0.6 is 11.6 Å². The average molecular weight is 373 g/mol. The van der Waals surface area contributed by atoms with Crippen molar-refractivity contribution in [3.05, 3.63) is 47.6 Å². The molecule has 1 aromatic carbocycles. The van der Waals surface area contributed by atoms with E-state index in [-0.39, 0.29) is 25.6 Å². The molecule has 7 nitrogen and oxygen atoms in total. The number of halogens is 1. The lowest BCUT2D eigenvalue weighted by atomic mass is 10.2. The smallest absolute Gasteiger partial charge is 0.325 e. The van der Waals surface area contributed by atoms with Gasteiger partial charge in [0.25, 0.3) is 0 Å². The second kappa shape index (κ2) is 7.97. The largest absolute Gasteiger partial charge is 0.465 e. The van der Waals surface area contributed by atoms with Gasteiger partial charge in [0.05, 0.1) is 6.61 Å². The topological polar surface area (TPSA) is 86.1 Å². The highest BCUT2D eigenvalue weighted by molar-refractivity contribution is 6.30. The monoisotopic (exact) mass is 372 g/mol. The molecule has 26 heavy (non-hydrogen) atoms. The molecule has 0 aliphatic carbocycles. The van der Waals surface area contributed by atoms with Gasteiger partial charge in [-0.15, -0.1) is 0 Å². The Bertz CT molecular complexity index is 937. The maximum atomic E-state index is 12.3. The number of carbonyl (C=O) groups excluding carboxylic acids is 2. The van der Waals surface area contributed by atoms with E-state index in [0.717, 1.165) is 5.56 Å². The van der Waals surface area contributed by atoms with Crippen molar-refractivity contribution in [3.63, 3.8) is 0 Å². The first-order valence-electron chi connectivity index (χ1n) is 8.08. The van der Waals surface area contributed by atoms with Gasteiger partial charge < -0.3 is 10.1 Å². The number of esters is 1. The Morgan fingerprint density at radius 3 is 2.73 bits per heavy atom. The number of aromatic nitrogens is 3. The van der Waals surface area contributed by atoms with E-state index in [1.54, 1.807) is 35.9 Å². The molecule has 0 atom stereocenters. The SMILES string of the molecule is CCOC(=O)CNC(=O)Cn1c(-c2ccc(Cl)cc2)nc2cccnc21. The highest BCUT2D eigenvalue weighted by Crippen LogP contribution is 2.24. The first kappa shape index (κ1) is 17.9. The van der Waals surface area contributed by atoms with Gasteiger partial charge >= 0.3 is 5.97 Å². The number of carbonyl (C=O) groups is 2. The van der Waals surface area contributed by atoms with Crippen LogP contribution in [0.3, 0.4) is 0 Å². The Hall–Kier alpha value is -2.93. The van der Waals surface area contributed by atoms with Crippen molar-refractivity contribution < 1.29 is 14.3 Å². The van der Waals surface area contributed by atoms with E-state index >= 15 is 0 Å². The molecular formula is C18H17ClN4O3. The second-order valence-electron chi connectivity index (χ2n) is 5.46. The highest BCUT2D eigenvalue weighted by atomic mass is 35.5. The van der Waals surface area contributed by atoms with E-state index in [4.69, 9.17) is 16.3 Å². The summed E-state index contributed by atoms with van der Waals surface area (Å²) in [4.78, 5) is 32.6. The molecule has 3 aromatic rings. The normalized spacial score (nSPS) is 10.7. The van der Waals surface area contributed by atoms with Crippen LogP contribution in [0, 0.1) is 0 Å². The Morgan fingerprint density at radius 2 is 2.00 bits per heavy atom. The summed E-state index contributed by atoms with van der Waals surface area (Å²) in [6.07, 6.45) is 1.64. The summed E-state index contributed by atoms with van der Waals surface area (Å²) < 4.78 is 6.51. The van der Waals surface area contributed by atoms with Crippen LogP contribution in [-0.2, 0) is 20.9 Å². The molecule has 1 amide bonds. The van der Waals surface area contributed by atoms with Gasteiger partial charge in [0, 0.05) is 16.8 Å². The molecule has 1 N–H and O–H groups in total. The third-order valence-corrected chi connectivity index (χ3v) is 3.90. The van der Waals surface area contributed by atoms with Crippen molar-refractivity contribution in [3.8, 4) is 11.4 Å². The standard InChI is InChI=1S/C18H17ClN4O3/c1-2-26-16(25)10-21-15(24)11-23-17(12-5-7-13(19)8-6-12)22-14-4-3-9-20-18(14)23/h3-9H,2,10-11H2,1H3,(H,21,24). The Morgan fingerprint density at radius 1 is 1.23 bits per heavy atom. The molecule has 0 aliphatic rings. The lowest BCUT2D eigenvalue weighted by Crippen LogP contribution is -2.33. The number of fused-ring (bicyclic) bond motifs is 1. The number of nitrogens with zero attached hydrogens (tertiary/aromatic N) is 3. The van der Waals surface area contributed by atoms with Crippen LogP contribution in [0.5, 0.6) is 0 Å². The highest BCUT2D eigenvalue weighted by Gasteiger charge is 2.16. The zero-order valence-corrected chi connectivity index (χ0v) is 14.9. The van der Waals surface area contributed by atoms with Gasteiger partial charge in [0.15, 0.2) is 5.65 Å².